The summed E-state index contributed by atoms with van der Waals surface area (Å²) in [7, 11) is 0. The van der Waals surface area contributed by atoms with E-state index in [-0.39, 0.29) is 0 Å². The van der Waals surface area contributed by atoms with E-state index in [9.17, 15) is 0 Å². The summed E-state index contributed by atoms with van der Waals surface area (Å²) in [6.07, 6.45) is 8.77. The molecule has 132 valence electrons. The van der Waals surface area contributed by atoms with Crippen molar-refractivity contribution < 1.29 is 0 Å². The average molecular weight is 314 g/mol. The van der Waals surface area contributed by atoms with E-state index < -0.39 is 0 Å². The van der Waals surface area contributed by atoms with Crippen molar-refractivity contribution in [3.8, 4) is 0 Å². The molecule has 5 nitrogen and oxygen atoms in total. The molecule has 0 spiro atoms. The third-order valence-corrected chi connectivity index (χ3v) is 4.25. The van der Waals surface area contributed by atoms with Gasteiger partial charge in [0.15, 0.2) is 0 Å². The smallest absolute Gasteiger partial charge is 0.000663 e. The van der Waals surface area contributed by atoms with Gasteiger partial charge in [-0.2, -0.15) is 0 Å². The molecular weight excluding hydrogens is 274 g/mol. The Labute approximate surface area is 137 Å². The molecule has 0 aromatic rings. The molecular formula is C17H39N5. The normalized spacial score (nSPS) is 19.5. The van der Waals surface area contributed by atoms with Gasteiger partial charge in [-0.15, -0.1) is 0 Å². The van der Waals surface area contributed by atoms with E-state index in [0.717, 1.165) is 39.1 Å². The molecule has 0 aromatic heterocycles. The van der Waals surface area contributed by atoms with Gasteiger partial charge < -0.3 is 26.6 Å². The van der Waals surface area contributed by atoms with E-state index in [1.54, 1.807) is 0 Å². The van der Waals surface area contributed by atoms with E-state index in [2.05, 4.69) is 20.9 Å². The van der Waals surface area contributed by atoms with Gasteiger partial charge in [-0.05, 0) is 110 Å². The molecule has 0 saturated carbocycles. The molecule has 5 N–H and O–H groups in total. The van der Waals surface area contributed by atoms with E-state index >= 15 is 0 Å². The van der Waals surface area contributed by atoms with Crippen LogP contribution in [0, 0.1) is 0 Å². The minimum Gasteiger partial charge on any atom is -0.330 e. The molecule has 1 heterocycles. The third kappa shape index (κ3) is 12.4. The second-order valence-electron chi connectivity index (χ2n) is 6.36. The van der Waals surface area contributed by atoms with Crippen LogP contribution in [0.5, 0.6) is 0 Å². The topological polar surface area (TPSA) is 65.3 Å². The summed E-state index contributed by atoms with van der Waals surface area (Å²) in [4.78, 5) is 2.65. The largest absolute Gasteiger partial charge is 0.330 e. The van der Waals surface area contributed by atoms with Crippen LogP contribution in [0.1, 0.15) is 44.9 Å². The molecule has 0 unspecified atom stereocenters. The van der Waals surface area contributed by atoms with Gasteiger partial charge in [-0.25, -0.2) is 0 Å². The molecule has 0 atom stereocenters. The highest BCUT2D eigenvalue weighted by molar-refractivity contribution is 4.63. The fourth-order valence-corrected chi connectivity index (χ4v) is 2.88. The Bertz CT molecular complexity index is 213. The third-order valence-electron chi connectivity index (χ3n) is 4.25. The lowest BCUT2D eigenvalue weighted by molar-refractivity contribution is 0.257. The van der Waals surface area contributed by atoms with Gasteiger partial charge in [-0.3, -0.25) is 0 Å². The van der Waals surface area contributed by atoms with Crippen molar-refractivity contribution in [1.29, 1.82) is 0 Å². The lowest BCUT2D eigenvalue weighted by Gasteiger charge is -2.23. The molecule has 0 radical (unpaired) electrons. The van der Waals surface area contributed by atoms with Crippen LogP contribution in [-0.4, -0.2) is 70.3 Å². The summed E-state index contributed by atoms with van der Waals surface area (Å²) in [5.74, 6) is 0. The first-order valence-corrected chi connectivity index (χ1v) is 9.48. The van der Waals surface area contributed by atoms with Gasteiger partial charge in [0, 0.05) is 0 Å². The van der Waals surface area contributed by atoms with Gasteiger partial charge in [0.05, 0.1) is 0 Å². The number of unbranched alkanes of at least 4 members (excludes halogenated alkanes) is 2. The van der Waals surface area contributed by atoms with E-state index in [1.165, 1.54) is 71.2 Å². The van der Waals surface area contributed by atoms with Crippen LogP contribution in [-0.2, 0) is 0 Å². The highest BCUT2D eigenvalue weighted by Gasteiger charge is 2.05. The van der Waals surface area contributed by atoms with Crippen molar-refractivity contribution in [3.63, 3.8) is 0 Å². The quantitative estimate of drug-likeness (QED) is 0.473. The maximum absolute atomic E-state index is 5.49. The molecule has 0 aromatic carbocycles. The van der Waals surface area contributed by atoms with Crippen LogP contribution in [0.4, 0.5) is 0 Å². The monoisotopic (exact) mass is 313 g/mol. The number of rotatable bonds is 9. The Kier molecular flexibility index (Phi) is 14.2. The molecule has 0 bridgehead atoms. The van der Waals surface area contributed by atoms with Crippen LogP contribution in [0.2, 0.25) is 0 Å². The first kappa shape index (κ1) is 19.8. The highest BCUT2D eigenvalue weighted by atomic mass is 15.1. The maximum Gasteiger partial charge on any atom is -0.000663 e. The maximum atomic E-state index is 5.49. The number of nitrogens with two attached hydrogens (primary N) is 1. The molecule has 0 aliphatic carbocycles. The van der Waals surface area contributed by atoms with Crippen LogP contribution in [0.3, 0.4) is 0 Å². The van der Waals surface area contributed by atoms with Crippen molar-refractivity contribution >= 4 is 0 Å². The van der Waals surface area contributed by atoms with Crippen molar-refractivity contribution in [2.75, 3.05) is 65.4 Å². The van der Waals surface area contributed by atoms with Gasteiger partial charge in [-0.1, -0.05) is 0 Å². The molecule has 5 heteroatoms. The SMILES string of the molecule is NCCCCNCCCCN1CCCNCCCNCCC1. The van der Waals surface area contributed by atoms with E-state index in [0.29, 0.717) is 0 Å². The predicted octanol–water partition coefficient (Wildman–Crippen LogP) is 0.760. The van der Waals surface area contributed by atoms with Crippen molar-refractivity contribution in [1.82, 2.24) is 20.9 Å². The lowest BCUT2D eigenvalue weighted by atomic mass is 10.2. The molecule has 1 saturated heterocycles. The van der Waals surface area contributed by atoms with Crippen LogP contribution in [0.25, 0.3) is 0 Å². The minimum absolute atomic E-state index is 0.820. The fraction of sp³-hybridized carbons (Fsp3) is 1.00. The van der Waals surface area contributed by atoms with Crippen molar-refractivity contribution in [3.05, 3.63) is 0 Å². The Morgan fingerprint density at radius 3 is 2.00 bits per heavy atom. The zero-order valence-corrected chi connectivity index (χ0v) is 14.5. The fourth-order valence-electron chi connectivity index (χ4n) is 2.88. The molecule has 1 fully saturated rings. The lowest BCUT2D eigenvalue weighted by Crippen LogP contribution is -2.33. The second-order valence-corrected chi connectivity index (χ2v) is 6.36. The summed E-state index contributed by atoms with van der Waals surface area (Å²) >= 11 is 0. The summed E-state index contributed by atoms with van der Waals surface area (Å²) in [6.45, 7) is 11.5. The average Bonchev–Trinajstić information content (AvgIpc) is 2.52. The van der Waals surface area contributed by atoms with Crippen molar-refractivity contribution in [2.24, 2.45) is 5.73 Å². The number of hydrogen-bond acceptors (Lipinski definition) is 5. The molecule has 1 rings (SSSR count). The Morgan fingerprint density at radius 2 is 1.36 bits per heavy atom. The molecule has 0 amide bonds. The Hall–Kier alpha value is -0.200. The summed E-state index contributed by atoms with van der Waals surface area (Å²) in [6, 6.07) is 0. The number of hydrogen-bond donors (Lipinski definition) is 4. The standard InChI is InChI=1S/C17H39N5/c18-8-1-2-9-19-10-3-4-15-22-16-6-13-20-11-5-12-21-14-7-17-22/h19-21H,1-18H2. The first-order valence-electron chi connectivity index (χ1n) is 9.48. The van der Waals surface area contributed by atoms with Crippen LogP contribution < -0.4 is 21.7 Å². The summed E-state index contributed by atoms with van der Waals surface area (Å²) in [5.41, 5.74) is 5.49. The van der Waals surface area contributed by atoms with Gasteiger partial charge >= 0.3 is 0 Å². The van der Waals surface area contributed by atoms with E-state index in [4.69, 9.17) is 5.73 Å². The van der Waals surface area contributed by atoms with Gasteiger partial charge in [0.1, 0.15) is 0 Å². The first-order chi connectivity index (χ1) is 10.9. The number of nitrogens with one attached hydrogen (secondary N) is 3. The Balaban J connectivity index is 2.02. The van der Waals surface area contributed by atoms with E-state index in [1.807, 2.05) is 0 Å². The number of nitrogens with zero attached hydrogens (tertiary/aromatic N) is 1. The zero-order valence-electron chi connectivity index (χ0n) is 14.5. The van der Waals surface area contributed by atoms with Crippen LogP contribution in [0.15, 0.2) is 0 Å². The van der Waals surface area contributed by atoms with Gasteiger partial charge in [0.2, 0.25) is 0 Å². The predicted molar refractivity (Wildman–Crippen MR) is 96.4 cm³/mol. The minimum atomic E-state index is 0.820. The molecule has 1 aliphatic rings. The Morgan fingerprint density at radius 1 is 0.773 bits per heavy atom. The molecule has 22 heavy (non-hydrogen) atoms. The highest BCUT2D eigenvalue weighted by Crippen LogP contribution is 1.99. The summed E-state index contributed by atoms with van der Waals surface area (Å²) in [5, 5.41) is 10.6. The summed E-state index contributed by atoms with van der Waals surface area (Å²) < 4.78 is 0. The zero-order chi connectivity index (χ0) is 15.7. The van der Waals surface area contributed by atoms with Gasteiger partial charge in [0.25, 0.3) is 0 Å². The second kappa shape index (κ2) is 15.7. The van der Waals surface area contributed by atoms with Crippen molar-refractivity contribution in [2.45, 2.75) is 44.9 Å². The molecule has 1 aliphatic heterocycles. The van der Waals surface area contributed by atoms with Crippen LogP contribution >= 0.6 is 0 Å².